The summed E-state index contributed by atoms with van der Waals surface area (Å²) in [5.74, 6) is -0.256. The Balaban J connectivity index is 2.39. The Kier molecular flexibility index (Phi) is 4.12. The maximum atomic E-state index is 11.2. The van der Waals surface area contributed by atoms with E-state index in [4.69, 9.17) is 4.74 Å². The van der Waals surface area contributed by atoms with Gasteiger partial charge in [-0.25, -0.2) is 0 Å². The summed E-state index contributed by atoms with van der Waals surface area (Å²) < 4.78 is 5.40. The van der Waals surface area contributed by atoms with Crippen molar-refractivity contribution in [1.29, 1.82) is 0 Å². The average Bonchev–Trinajstić information content (AvgIpc) is 2.37. The molecule has 0 bridgehead atoms. The number of aryl methyl sites for hydroxylation is 1. The molecular weight excluding hydrogens is 248 g/mol. The second kappa shape index (κ2) is 5.66. The molecule has 0 N–H and O–H groups in total. The molecule has 2 nitrogen and oxygen atoms in total. The van der Waals surface area contributed by atoms with Gasteiger partial charge < -0.3 is 4.74 Å². The van der Waals surface area contributed by atoms with Crippen molar-refractivity contribution in [3.63, 3.8) is 0 Å². The number of carbonyl (C=O) groups excluding carboxylic acids is 1. The number of esters is 1. The predicted molar refractivity (Wildman–Crippen MR) is 82.7 cm³/mol. The van der Waals surface area contributed by atoms with Gasteiger partial charge in [-0.05, 0) is 48.2 Å². The number of hydrogen-bond donors (Lipinski definition) is 0. The van der Waals surface area contributed by atoms with E-state index < -0.39 is 5.60 Å². The third-order valence-corrected chi connectivity index (χ3v) is 3.54. The molecule has 0 aliphatic heterocycles. The van der Waals surface area contributed by atoms with Gasteiger partial charge in [0.25, 0.3) is 0 Å². The Morgan fingerprint density at radius 2 is 1.75 bits per heavy atom. The van der Waals surface area contributed by atoms with E-state index in [9.17, 15) is 4.79 Å². The lowest BCUT2D eigenvalue weighted by molar-refractivity contribution is -0.154. The average molecular weight is 270 g/mol. The highest BCUT2D eigenvalue weighted by Gasteiger charge is 2.23. The minimum Gasteiger partial charge on any atom is -0.455 e. The van der Waals surface area contributed by atoms with Crippen LogP contribution in [0.25, 0.3) is 10.8 Å². The Morgan fingerprint density at radius 3 is 2.40 bits per heavy atom. The summed E-state index contributed by atoms with van der Waals surface area (Å²) in [7, 11) is 0. The van der Waals surface area contributed by atoms with Gasteiger partial charge in [0, 0.05) is 6.92 Å². The topological polar surface area (TPSA) is 26.3 Å². The van der Waals surface area contributed by atoms with Crippen molar-refractivity contribution < 1.29 is 9.53 Å². The first-order valence-corrected chi connectivity index (χ1v) is 7.15. The summed E-state index contributed by atoms with van der Waals surface area (Å²) in [5, 5.41) is 2.42. The van der Waals surface area contributed by atoms with Gasteiger partial charge in [-0.1, -0.05) is 43.7 Å². The van der Waals surface area contributed by atoms with Crippen LogP contribution in [-0.4, -0.2) is 5.97 Å². The van der Waals surface area contributed by atoms with Gasteiger partial charge in [-0.15, -0.1) is 0 Å². The van der Waals surface area contributed by atoms with Crippen molar-refractivity contribution in [3.05, 3.63) is 47.5 Å². The first-order valence-electron chi connectivity index (χ1n) is 7.15. The highest BCUT2D eigenvalue weighted by molar-refractivity contribution is 5.84. The van der Waals surface area contributed by atoms with Crippen LogP contribution in [0.5, 0.6) is 0 Å². The molecule has 0 radical (unpaired) electrons. The van der Waals surface area contributed by atoms with Gasteiger partial charge in [-0.3, -0.25) is 4.79 Å². The molecule has 2 heteroatoms. The van der Waals surface area contributed by atoms with Crippen molar-refractivity contribution >= 4 is 16.7 Å². The molecule has 20 heavy (non-hydrogen) atoms. The Morgan fingerprint density at radius 1 is 1.10 bits per heavy atom. The van der Waals surface area contributed by atoms with Crippen molar-refractivity contribution in [2.24, 2.45) is 0 Å². The van der Waals surface area contributed by atoms with Crippen LogP contribution in [-0.2, 0) is 21.6 Å². The van der Waals surface area contributed by atoms with E-state index in [1.165, 1.54) is 23.3 Å². The Bertz CT molecular complexity index is 626. The van der Waals surface area contributed by atoms with Gasteiger partial charge in [0.15, 0.2) is 0 Å². The standard InChI is InChI=1S/C18H22O2/c1-5-6-14-7-8-16-12-17(10-9-15(16)11-14)18(3,4)20-13(2)19/h7-12H,5-6H2,1-4H3. The number of carbonyl (C=O) groups is 1. The van der Waals surface area contributed by atoms with E-state index in [2.05, 4.69) is 37.3 Å². The summed E-state index contributed by atoms with van der Waals surface area (Å²) in [5.41, 5.74) is 1.79. The van der Waals surface area contributed by atoms with E-state index in [0.717, 1.165) is 18.4 Å². The minimum absolute atomic E-state index is 0.256. The Hall–Kier alpha value is -1.83. The van der Waals surface area contributed by atoms with E-state index in [-0.39, 0.29) is 5.97 Å². The maximum Gasteiger partial charge on any atom is 0.303 e. The lowest BCUT2D eigenvalue weighted by Crippen LogP contribution is -2.24. The molecule has 0 amide bonds. The van der Waals surface area contributed by atoms with Crippen LogP contribution in [0.15, 0.2) is 36.4 Å². The molecule has 0 atom stereocenters. The molecule has 0 saturated carbocycles. The van der Waals surface area contributed by atoms with Crippen LogP contribution in [0.1, 0.15) is 45.2 Å². The van der Waals surface area contributed by atoms with Crippen LogP contribution in [0, 0.1) is 0 Å². The monoisotopic (exact) mass is 270 g/mol. The lowest BCUT2D eigenvalue weighted by Gasteiger charge is -2.25. The molecule has 0 aliphatic carbocycles. The van der Waals surface area contributed by atoms with Gasteiger partial charge in [0.1, 0.15) is 5.60 Å². The molecule has 0 saturated heterocycles. The molecule has 2 rings (SSSR count). The van der Waals surface area contributed by atoms with Crippen LogP contribution >= 0.6 is 0 Å². The number of hydrogen-bond acceptors (Lipinski definition) is 2. The fourth-order valence-electron chi connectivity index (χ4n) is 2.53. The van der Waals surface area contributed by atoms with Gasteiger partial charge >= 0.3 is 5.97 Å². The summed E-state index contributed by atoms with van der Waals surface area (Å²) in [6.07, 6.45) is 2.26. The zero-order valence-corrected chi connectivity index (χ0v) is 12.7. The molecule has 0 aromatic heterocycles. The van der Waals surface area contributed by atoms with Gasteiger partial charge in [0.2, 0.25) is 0 Å². The van der Waals surface area contributed by atoms with E-state index in [1.54, 1.807) is 0 Å². The normalized spacial score (nSPS) is 11.6. The highest BCUT2D eigenvalue weighted by atomic mass is 16.6. The van der Waals surface area contributed by atoms with Crippen molar-refractivity contribution in [1.82, 2.24) is 0 Å². The van der Waals surface area contributed by atoms with Gasteiger partial charge in [-0.2, -0.15) is 0 Å². The maximum absolute atomic E-state index is 11.2. The van der Waals surface area contributed by atoms with E-state index >= 15 is 0 Å². The molecular formula is C18H22O2. The molecule has 2 aromatic rings. The van der Waals surface area contributed by atoms with Crippen molar-refractivity contribution in [2.45, 2.75) is 46.1 Å². The number of benzene rings is 2. The Labute approximate surface area is 120 Å². The molecule has 0 unspecified atom stereocenters. The third-order valence-electron chi connectivity index (χ3n) is 3.54. The smallest absolute Gasteiger partial charge is 0.303 e. The minimum atomic E-state index is -0.595. The summed E-state index contributed by atoms with van der Waals surface area (Å²) in [4.78, 5) is 11.2. The molecule has 0 fully saturated rings. The van der Waals surface area contributed by atoms with Gasteiger partial charge in [0.05, 0.1) is 0 Å². The summed E-state index contributed by atoms with van der Waals surface area (Å²) >= 11 is 0. The quantitative estimate of drug-likeness (QED) is 0.759. The largest absolute Gasteiger partial charge is 0.455 e. The van der Waals surface area contributed by atoms with Crippen molar-refractivity contribution in [2.75, 3.05) is 0 Å². The van der Waals surface area contributed by atoms with E-state index in [0.29, 0.717) is 0 Å². The SMILES string of the molecule is CCCc1ccc2cc(C(C)(C)OC(C)=O)ccc2c1. The van der Waals surface area contributed by atoms with Crippen molar-refractivity contribution in [3.8, 4) is 0 Å². The predicted octanol–water partition coefficient (Wildman–Crippen LogP) is 4.59. The molecule has 0 aliphatic rings. The molecule has 2 aromatic carbocycles. The molecule has 0 heterocycles. The van der Waals surface area contributed by atoms with Crippen LogP contribution < -0.4 is 0 Å². The van der Waals surface area contributed by atoms with Crippen LogP contribution in [0.4, 0.5) is 0 Å². The third kappa shape index (κ3) is 3.19. The molecule has 106 valence electrons. The first kappa shape index (κ1) is 14.6. The summed E-state index contributed by atoms with van der Waals surface area (Å²) in [6.45, 7) is 7.47. The summed E-state index contributed by atoms with van der Waals surface area (Å²) in [6, 6.07) is 12.8. The fraction of sp³-hybridized carbons (Fsp3) is 0.389. The number of ether oxygens (including phenoxy) is 1. The zero-order chi connectivity index (χ0) is 14.8. The van der Waals surface area contributed by atoms with Crippen LogP contribution in [0.3, 0.4) is 0 Å². The highest BCUT2D eigenvalue weighted by Crippen LogP contribution is 2.28. The fourth-order valence-corrected chi connectivity index (χ4v) is 2.53. The number of fused-ring (bicyclic) bond motifs is 1. The number of rotatable bonds is 4. The zero-order valence-electron chi connectivity index (χ0n) is 12.7. The second-order valence-electron chi connectivity index (χ2n) is 5.75. The first-order chi connectivity index (χ1) is 9.42. The van der Waals surface area contributed by atoms with E-state index in [1.807, 2.05) is 19.9 Å². The van der Waals surface area contributed by atoms with Crippen LogP contribution in [0.2, 0.25) is 0 Å². The molecule has 0 spiro atoms. The lowest BCUT2D eigenvalue weighted by atomic mass is 9.94. The second-order valence-corrected chi connectivity index (χ2v) is 5.75.